The third kappa shape index (κ3) is 2.19. The first kappa shape index (κ1) is 10.0. The first-order valence-corrected chi connectivity index (χ1v) is 4.75. The lowest BCUT2D eigenvalue weighted by Gasteiger charge is -1.98. The van der Waals surface area contributed by atoms with E-state index in [1.165, 1.54) is 12.1 Å². The van der Waals surface area contributed by atoms with Crippen molar-refractivity contribution in [3.05, 3.63) is 28.8 Å². The molecule has 1 aromatic carbocycles. The molecule has 0 aromatic heterocycles. The Morgan fingerprint density at radius 2 is 2.00 bits per heavy atom. The summed E-state index contributed by atoms with van der Waals surface area (Å²) in [6.07, 6.45) is 0. The third-order valence-corrected chi connectivity index (χ3v) is 2.42. The van der Waals surface area contributed by atoms with Gasteiger partial charge in [0.15, 0.2) is 10.7 Å². The Labute approximate surface area is 80.7 Å². The van der Waals surface area contributed by atoms with E-state index in [0.29, 0.717) is 0 Å². The highest BCUT2D eigenvalue weighted by Crippen LogP contribution is 2.18. The Morgan fingerprint density at radius 1 is 1.38 bits per heavy atom. The van der Waals surface area contributed by atoms with Gasteiger partial charge in [0.05, 0.1) is 15.5 Å². The molecule has 0 aliphatic heterocycles. The minimum Gasteiger partial charge on any atom is -0.478 e. The molecule has 0 radical (unpaired) electrons. The van der Waals surface area contributed by atoms with Crippen LogP contribution in [0.2, 0.25) is 5.02 Å². The van der Waals surface area contributed by atoms with Gasteiger partial charge >= 0.3 is 5.97 Å². The molecule has 1 aromatic rings. The van der Waals surface area contributed by atoms with Crippen molar-refractivity contribution in [3.8, 4) is 0 Å². The lowest BCUT2D eigenvalue weighted by atomic mass is 10.2. The quantitative estimate of drug-likeness (QED) is 0.730. The highest BCUT2D eigenvalue weighted by atomic mass is 35.5. The molecular weight excluding hydrogens is 216 g/mol. The van der Waals surface area contributed by atoms with Gasteiger partial charge < -0.3 is 5.11 Å². The van der Waals surface area contributed by atoms with Gasteiger partial charge in [0.1, 0.15) is 0 Å². The molecule has 0 aliphatic rings. The number of carboxylic acids is 1. The predicted octanol–water partition coefficient (Wildman–Crippen LogP) is 1.01. The number of rotatable bonds is 2. The summed E-state index contributed by atoms with van der Waals surface area (Å²) < 4.78 is 21.0. The van der Waals surface area contributed by atoms with Gasteiger partial charge in [-0.3, -0.25) is 0 Å². The first-order valence-electron chi connectivity index (χ1n) is 3.19. The van der Waals surface area contributed by atoms with E-state index in [9.17, 15) is 13.2 Å². The molecule has 0 fully saturated rings. The van der Waals surface area contributed by atoms with Crippen molar-refractivity contribution in [2.45, 2.75) is 4.90 Å². The van der Waals surface area contributed by atoms with Crippen LogP contribution in [0.3, 0.4) is 0 Å². The van der Waals surface area contributed by atoms with Crippen LogP contribution in [0.4, 0.5) is 0 Å². The number of hydrogen-bond acceptors (Lipinski definition) is 3. The number of aromatic carboxylic acids is 1. The molecule has 0 spiro atoms. The SMILES string of the molecule is O=C(O)c1cc([SH](=O)=O)ccc1Cl. The van der Waals surface area contributed by atoms with Crippen LogP contribution in [-0.2, 0) is 10.7 Å². The maximum absolute atomic E-state index is 10.5. The number of carboxylic acid groups (broad SMARTS) is 1. The summed E-state index contributed by atoms with van der Waals surface area (Å²) in [5.74, 6) is -1.25. The van der Waals surface area contributed by atoms with Crippen molar-refractivity contribution in [3.63, 3.8) is 0 Å². The number of halogens is 1. The second-order valence-electron chi connectivity index (χ2n) is 2.23. The van der Waals surface area contributed by atoms with Crippen LogP contribution < -0.4 is 0 Å². The number of hydrogen-bond donors (Lipinski definition) is 2. The molecule has 1 N–H and O–H groups in total. The second-order valence-corrected chi connectivity index (χ2v) is 3.66. The molecule has 13 heavy (non-hydrogen) atoms. The molecular formula is C7H5ClO4S. The summed E-state index contributed by atoms with van der Waals surface area (Å²) in [6.45, 7) is 0. The lowest BCUT2D eigenvalue weighted by Crippen LogP contribution is -1.98. The molecule has 4 nitrogen and oxygen atoms in total. The molecule has 0 bridgehead atoms. The minimum absolute atomic E-state index is 0.0214. The molecule has 70 valence electrons. The Hall–Kier alpha value is -1.07. The molecule has 0 aliphatic carbocycles. The maximum Gasteiger partial charge on any atom is 0.337 e. The standard InChI is InChI=1S/C7H5ClO4S/c8-6-2-1-4(13(11)12)3-5(6)7(9)10/h1-3,13H,(H,9,10). The van der Waals surface area contributed by atoms with Gasteiger partial charge in [-0.1, -0.05) is 11.6 Å². The van der Waals surface area contributed by atoms with Gasteiger partial charge in [-0.05, 0) is 18.2 Å². The van der Waals surface area contributed by atoms with E-state index in [4.69, 9.17) is 16.7 Å². The highest BCUT2D eigenvalue weighted by molar-refractivity contribution is 7.72. The van der Waals surface area contributed by atoms with Crippen molar-refractivity contribution in [1.82, 2.24) is 0 Å². The van der Waals surface area contributed by atoms with Crippen molar-refractivity contribution in [2.75, 3.05) is 0 Å². The van der Waals surface area contributed by atoms with Crippen LogP contribution in [0.25, 0.3) is 0 Å². The Bertz CT molecular complexity index is 417. The fraction of sp³-hybridized carbons (Fsp3) is 0. The smallest absolute Gasteiger partial charge is 0.337 e. The van der Waals surface area contributed by atoms with E-state index in [1.54, 1.807) is 0 Å². The summed E-state index contributed by atoms with van der Waals surface area (Å²) in [6, 6.07) is 3.52. The van der Waals surface area contributed by atoms with Crippen molar-refractivity contribution in [1.29, 1.82) is 0 Å². The fourth-order valence-electron chi connectivity index (χ4n) is 0.791. The largest absolute Gasteiger partial charge is 0.478 e. The summed E-state index contributed by atoms with van der Waals surface area (Å²) in [5.41, 5.74) is -0.210. The van der Waals surface area contributed by atoms with Crippen molar-refractivity contribution >= 4 is 28.3 Å². The fourth-order valence-corrected chi connectivity index (χ4v) is 1.42. The van der Waals surface area contributed by atoms with Crippen LogP contribution in [-0.4, -0.2) is 19.5 Å². The summed E-state index contributed by atoms with van der Waals surface area (Å²) >= 11 is 5.52. The Morgan fingerprint density at radius 3 is 2.46 bits per heavy atom. The van der Waals surface area contributed by atoms with Crippen molar-refractivity contribution < 1.29 is 18.3 Å². The number of carbonyl (C=O) groups is 1. The van der Waals surface area contributed by atoms with E-state index < -0.39 is 16.7 Å². The molecule has 0 saturated heterocycles. The Kier molecular flexibility index (Phi) is 2.90. The maximum atomic E-state index is 10.5. The molecule has 0 saturated carbocycles. The predicted molar refractivity (Wildman–Crippen MR) is 47.0 cm³/mol. The monoisotopic (exact) mass is 220 g/mol. The normalized spacial score (nSPS) is 10.3. The first-order chi connectivity index (χ1) is 6.02. The van der Waals surface area contributed by atoms with Gasteiger partial charge in [-0.15, -0.1) is 0 Å². The zero-order valence-corrected chi connectivity index (χ0v) is 7.88. The minimum atomic E-state index is -2.77. The van der Waals surface area contributed by atoms with E-state index in [2.05, 4.69) is 0 Å². The molecule has 0 heterocycles. The Balaban J connectivity index is 3.35. The number of benzene rings is 1. The average Bonchev–Trinajstić information content (AvgIpc) is 2.04. The van der Waals surface area contributed by atoms with E-state index >= 15 is 0 Å². The van der Waals surface area contributed by atoms with Crippen LogP contribution in [0.1, 0.15) is 10.4 Å². The molecule has 0 atom stereocenters. The summed E-state index contributed by atoms with van der Waals surface area (Å²) in [7, 11) is -2.77. The molecule has 0 unspecified atom stereocenters. The van der Waals surface area contributed by atoms with Crippen molar-refractivity contribution in [2.24, 2.45) is 0 Å². The van der Waals surface area contributed by atoms with Crippen LogP contribution in [0.5, 0.6) is 0 Å². The van der Waals surface area contributed by atoms with Gasteiger partial charge in [0.2, 0.25) is 0 Å². The van der Waals surface area contributed by atoms with Crippen LogP contribution in [0.15, 0.2) is 23.1 Å². The van der Waals surface area contributed by atoms with Crippen LogP contribution >= 0.6 is 11.6 Å². The lowest BCUT2D eigenvalue weighted by molar-refractivity contribution is 0.0697. The summed E-state index contributed by atoms with van der Waals surface area (Å²) in [4.78, 5) is 10.5. The molecule has 1 rings (SSSR count). The second kappa shape index (κ2) is 3.76. The van der Waals surface area contributed by atoms with Crippen LogP contribution in [0, 0.1) is 0 Å². The third-order valence-electron chi connectivity index (χ3n) is 1.39. The highest BCUT2D eigenvalue weighted by Gasteiger charge is 2.09. The van der Waals surface area contributed by atoms with Gasteiger partial charge in [0.25, 0.3) is 0 Å². The van der Waals surface area contributed by atoms with E-state index in [1.807, 2.05) is 0 Å². The topological polar surface area (TPSA) is 71.4 Å². The zero-order valence-electron chi connectivity index (χ0n) is 6.23. The van der Waals surface area contributed by atoms with E-state index in [0.717, 1.165) is 6.07 Å². The number of thiol groups is 1. The molecule has 0 amide bonds. The summed E-state index contributed by atoms with van der Waals surface area (Å²) in [5, 5.41) is 8.61. The van der Waals surface area contributed by atoms with Gasteiger partial charge in [0, 0.05) is 0 Å². The zero-order chi connectivity index (χ0) is 10.0. The average molecular weight is 221 g/mol. The van der Waals surface area contributed by atoms with Gasteiger partial charge in [-0.25, -0.2) is 13.2 Å². The van der Waals surface area contributed by atoms with E-state index in [-0.39, 0.29) is 15.5 Å². The molecule has 6 heteroatoms. The van der Waals surface area contributed by atoms with Gasteiger partial charge in [-0.2, -0.15) is 0 Å².